The molecule has 2 aromatic heterocycles. The summed E-state index contributed by atoms with van der Waals surface area (Å²) in [7, 11) is 0. The van der Waals surface area contributed by atoms with Crippen molar-refractivity contribution < 1.29 is 4.79 Å². The molecular formula is C29H23N5O. The number of pyridine rings is 1. The molecule has 0 aliphatic heterocycles. The molecule has 0 unspecified atom stereocenters. The van der Waals surface area contributed by atoms with Gasteiger partial charge in [-0.05, 0) is 71.7 Å². The zero-order chi connectivity index (χ0) is 24.4. The van der Waals surface area contributed by atoms with Crippen molar-refractivity contribution in [2.45, 2.75) is 6.92 Å². The molecule has 0 bridgehead atoms. The average Bonchev–Trinajstić information content (AvgIpc) is 2.88. The Labute approximate surface area is 203 Å². The molecule has 0 saturated heterocycles. The Balaban J connectivity index is 1.61. The van der Waals surface area contributed by atoms with Crippen molar-refractivity contribution in [1.29, 1.82) is 0 Å². The fraction of sp³-hybridized carbons (Fsp3) is 0.0345. The smallest absolute Gasteiger partial charge is 0.247 e. The van der Waals surface area contributed by atoms with Crippen molar-refractivity contribution in [3.63, 3.8) is 0 Å². The van der Waals surface area contributed by atoms with Gasteiger partial charge in [0, 0.05) is 34.6 Å². The number of nitrogens with zero attached hydrogens (tertiary/aromatic N) is 3. The minimum atomic E-state index is -0.268. The zero-order valence-corrected chi connectivity index (χ0v) is 19.2. The van der Waals surface area contributed by atoms with Gasteiger partial charge < -0.3 is 11.1 Å². The molecule has 6 nitrogen and oxygen atoms in total. The molecule has 0 fully saturated rings. The quantitative estimate of drug-likeness (QED) is 0.314. The summed E-state index contributed by atoms with van der Waals surface area (Å²) in [5.74, 6) is -0.0619. The highest BCUT2D eigenvalue weighted by molar-refractivity contribution is 6.01. The lowest BCUT2D eigenvalue weighted by Gasteiger charge is -2.12. The fourth-order valence-corrected chi connectivity index (χ4v) is 4.03. The molecule has 0 spiro atoms. The lowest BCUT2D eigenvalue weighted by atomic mass is 9.95. The molecular weight excluding hydrogens is 434 g/mol. The van der Waals surface area contributed by atoms with Crippen LogP contribution in [0.5, 0.6) is 0 Å². The van der Waals surface area contributed by atoms with Crippen LogP contribution in [0.1, 0.15) is 5.56 Å². The van der Waals surface area contributed by atoms with Crippen LogP contribution in [-0.2, 0) is 4.79 Å². The third-order valence-corrected chi connectivity index (χ3v) is 5.76. The summed E-state index contributed by atoms with van der Waals surface area (Å²) < 4.78 is 0. The largest absolute Gasteiger partial charge is 0.368 e. The molecule has 3 N–H and O–H groups in total. The van der Waals surface area contributed by atoms with E-state index < -0.39 is 0 Å². The molecule has 0 atom stereocenters. The first-order valence-electron chi connectivity index (χ1n) is 11.1. The van der Waals surface area contributed by atoms with E-state index in [1.54, 1.807) is 6.20 Å². The molecule has 0 aliphatic rings. The zero-order valence-electron chi connectivity index (χ0n) is 19.2. The Morgan fingerprint density at radius 3 is 2.49 bits per heavy atom. The first kappa shape index (κ1) is 22.0. The van der Waals surface area contributed by atoms with E-state index in [0.29, 0.717) is 5.69 Å². The first-order chi connectivity index (χ1) is 17.0. The predicted molar refractivity (Wildman–Crippen MR) is 142 cm³/mol. The molecule has 5 rings (SSSR count). The van der Waals surface area contributed by atoms with Crippen molar-refractivity contribution >= 4 is 28.4 Å². The van der Waals surface area contributed by atoms with E-state index in [1.807, 2.05) is 36.5 Å². The third kappa shape index (κ3) is 4.63. The number of carbonyl (C=O) groups is 1. The van der Waals surface area contributed by atoms with Gasteiger partial charge in [-0.2, -0.15) is 0 Å². The van der Waals surface area contributed by atoms with Crippen molar-refractivity contribution in [3.05, 3.63) is 103 Å². The van der Waals surface area contributed by atoms with Crippen LogP contribution >= 0.6 is 0 Å². The summed E-state index contributed by atoms with van der Waals surface area (Å²) in [5, 5.41) is 3.68. The van der Waals surface area contributed by atoms with Gasteiger partial charge in [0.15, 0.2) is 0 Å². The van der Waals surface area contributed by atoms with Crippen molar-refractivity contribution in [1.82, 2.24) is 15.0 Å². The SMILES string of the molecule is C=CC(=O)Nc1cccc(-c2cc(-c3ccc(-c4cc(C)ccn4)cc3)cc3cnc(N)nc23)c1. The number of hydrogen-bond acceptors (Lipinski definition) is 5. The van der Waals surface area contributed by atoms with E-state index in [2.05, 4.69) is 76.2 Å². The summed E-state index contributed by atoms with van der Waals surface area (Å²) in [4.78, 5) is 25.0. The lowest BCUT2D eigenvalue weighted by molar-refractivity contribution is -0.111. The number of aryl methyl sites for hydroxylation is 1. The second-order valence-corrected chi connectivity index (χ2v) is 8.26. The van der Waals surface area contributed by atoms with E-state index in [0.717, 1.165) is 44.4 Å². The highest BCUT2D eigenvalue weighted by Crippen LogP contribution is 2.35. The number of nitrogen functional groups attached to an aromatic ring is 1. The van der Waals surface area contributed by atoms with Crippen molar-refractivity contribution in [2.75, 3.05) is 11.1 Å². The fourth-order valence-electron chi connectivity index (χ4n) is 4.03. The van der Waals surface area contributed by atoms with Crippen LogP contribution in [0.25, 0.3) is 44.4 Å². The normalized spacial score (nSPS) is 10.8. The van der Waals surface area contributed by atoms with Gasteiger partial charge in [0.25, 0.3) is 0 Å². The van der Waals surface area contributed by atoms with E-state index in [-0.39, 0.29) is 11.9 Å². The minimum Gasteiger partial charge on any atom is -0.368 e. The van der Waals surface area contributed by atoms with Gasteiger partial charge in [-0.3, -0.25) is 9.78 Å². The summed E-state index contributed by atoms with van der Waals surface area (Å²) in [5.41, 5.74) is 14.4. The minimum absolute atomic E-state index is 0.206. The number of benzene rings is 3. The molecule has 0 aliphatic carbocycles. The van der Waals surface area contributed by atoms with Crippen LogP contribution in [0, 0.1) is 6.92 Å². The summed E-state index contributed by atoms with van der Waals surface area (Å²) in [6.45, 7) is 5.57. The standard InChI is InChI=1S/C29H23N5O/c1-3-27(35)33-24-6-4-5-21(15-24)25-16-22(14-23-17-32-29(30)34-28(23)25)19-7-9-20(10-8-19)26-13-18(2)11-12-31-26/h3-17H,1H2,2H3,(H,33,35)(H2,30,32,34). The van der Waals surface area contributed by atoms with Crippen LogP contribution in [0.2, 0.25) is 0 Å². The summed E-state index contributed by atoms with van der Waals surface area (Å²) in [6, 6.07) is 24.1. The predicted octanol–water partition coefficient (Wildman–Crippen LogP) is 6.04. The number of nitrogens with one attached hydrogen (secondary N) is 1. The number of nitrogens with two attached hydrogens (primary N) is 1. The molecule has 1 amide bonds. The van der Waals surface area contributed by atoms with Gasteiger partial charge in [-0.25, -0.2) is 9.97 Å². The van der Waals surface area contributed by atoms with E-state index in [4.69, 9.17) is 5.73 Å². The Morgan fingerprint density at radius 1 is 0.914 bits per heavy atom. The highest BCUT2D eigenvalue weighted by atomic mass is 16.1. The lowest BCUT2D eigenvalue weighted by Crippen LogP contribution is -2.07. The maximum absolute atomic E-state index is 11.8. The van der Waals surface area contributed by atoms with Crippen molar-refractivity contribution in [2.24, 2.45) is 0 Å². The molecule has 170 valence electrons. The molecule has 5 aromatic rings. The maximum atomic E-state index is 11.8. The van der Waals surface area contributed by atoms with Gasteiger partial charge in [0.1, 0.15) is 0 Å². The number of anilines is 2. The van der Waals surface area contributed by atoms with Crippen LogP contribution in [0.15, 0.2) is 97.8 Å². The Bertz CT molecular complexity index is 1570. The number of rotatable bonds is 5. The third-order valence-electron chi connectivity index (χ3n) is 5.76. The Kier molecular flexibility index (Phi) is 5.77. The maximum Gasteiger partial charge on any atom is 0.247 e. The molecule has 6 heteroatoms. The molecule has 35 heavy (non-hydrogen) atoms. The molecule has 2 heterocycles. The Hall–Kier alpha value is -4.84. The van der Waals surface area contributed by atoms with Gasteiger partial charge in [0.05, 0.1) is 11.2 Å². The van der Waals surface area contributed by atoms with Crippen LogP contribution in [-0.4, -0.2) is 20.9 Å². The number of amides is 1. The second kappa shape index (κ2) is 9.19. The van der Waals surface area contributed by atoms with Crippen LogP contribution < -0.4 is 11.1 Å². The van der Waals surface area contributed by atoms with Crippen LogP contribution in [0.3, 0.4) is 0 Å². The number of fused-ring (bicyclic) bond motifs is 1. The van der Waals surface area contributed by atoms with E-state index in [9.17, 15) is 4.79 Å². The second-order valence-electron chi connectivity index (χ2n) is 8.26. The van der Waals surface area contributed by atoms with Crippen LogP contribution in [0.4, 0.5) is 11.6 Å². The topological polar surface area (TPSA) is 93.8 Å². The number of hydrogen-bond donors (Lipinski definition) is 2. The van der Waals surface area contributed by atoms with E-state index >= 15 is 0 Å². The van der Waals surface area contributed by atoms with Gasteiger partial charge >= 0.3 is 0 Å². The summed E-state index contributed by atoms with van der Waals surface area (Å²) in [6.07, 6.45) is 4.80. The summed E-state index contributed by atoms with van der Waals surface area (Å²) >= 11 is 0. The molecule has 0 saturated carbocycles. The first-order valence-corrected chi connectivity index (χ1v) is 11.1. The molecule has 3 aromatic carbocycles. The van der Waals surface area contributed by atoms with Gasteiger partial charge in [-0.1, -0.05) is 43.0 Å². The number of aromatic nitrogens is 3. The Morgan fingerprint density at radius 2 is 1.71 bits per heavy atom. The van der Waals surface area contributed by atoms with Crippen molar-refractivity contribution in [3.8, 4) is 33.5 Å². The van der Waals surface area contributed by atoms with E-state index in [1.165, 1.54) is 11.6 Å². The average molecular weight is 458 g/mol. The van der Waals surface area contributed by atoms with Gasteiger partial charge in [-0.15, -0.1) is 0 Å². The highest BCUT2D eigenvalue weighted by Gasteiger charge is 2.12. The van der Waals surface area contributed by atoms with Gasteiger partial charge in [0.2, 0.25) is 11.9 Å². The molecule has 0 radical (unpaired) electrons. The monoisotopic (exact) mass is 457 g/mol. The number of carbonyl (C=O) groups excluding carboxylic acids is 1.